The van der Waals surface area contributed by atoms with Gasteiger partial charge in [0.1, 0.15) is 6.17 Å². The molecule has 0 aliphatic heterocycles. The van der Waals surface area contributed by atoms with Crippen LogP contribution >= 0.6 is 0 Å². The summed E-state index contributed by atoms with van der Waals surface area (Å²) in [4.78, 5) is 0. The first kappa shape index (κ1) is 15.9. The molecule has 0 heterocycles. The van der Waals surface area contributed by atoms with Gasteiger partial charge in [-0.15, -0.1) is 0 Å². The van der Waals surface area contributed by atoms with Crippen LogP contribution in [0.5, 0.6) is 0 Å². The Morgan fingerprint density at radius 2 is 1.41 bits per heavy atom. The van der Waals surface area contributed by atoms with Crippen LogP contribution in [0.4, 0.5) is 8.78 Å². The van der Waals surface area contributed by atoms with Gasteiger partial charge in [-0.2, -0.15) is 0 Å². The van der Waals surface area contributed by atoms with Crippen molar-refractivity contribution in [1.82, 2.24) is 0 Å². The van der Waals surface area contributed by atoms with Gasteiger partial charge in [-0.3, -0.25) is 0 Å². The molecule has 0 saturated heterocycles. The van der Waals surface area contributed by atoms with Crippen molar-refractivity contribution < 1.29 is 13.9 Å². The zero-order chi connectivity index (χ0) is 15.7. The lowest BCUT2D eigenvalue weighted by Crippen LogP contribution is -2.40. The second kappa shape index (κ2) is 6.66. The molecule has 1 nitrogen and oxygen atoms in total. The second-order valence-corrected chi connectivity index (χ2v) is 7.26. The smallest absolute Gasteiger partial charge is 0.157 e. The van der Waals surface area contributed by atoms with Gasteiger partial charge in [-0.05, 0) is 48.6 Å². The first-order valence-electron chi connectivity index (χ1n) is 8.62. The Morgan fingerprint density at radius 3 is 2.05 bits per heavy atom. The van der Waals surface area contributed by atoms with Crippen LogP contribution in [-0.4, -0.2) is 23.6 Å². The molecule has 0 spiro atoms. The summed E-state index contributed by atoms with van der Waals surface area (Å²) in [6.45, 7) is 2.31. The minimum atomic E-state index is -1.75. The molecule has 0 amide bonds. The minimum absolute atomic E-state index is 0.342. The van der Waals surface area contributed by atoms with Crippen molar-refractivity contribution in [2.75, 3.05) is 0 Å². The zero-order valence-electron chi connectivity index (χ0n) is 13.2. The Bertz CT molecular complexity index is 479. The van der Waals surface area contributed by atoms with Gasteiger partial charge in [0, 0.05) is 5.92 Å². The predicted octanol–water partition coefficient (Wildman–Crippen LogP) is 4.89. The summed E-state index contributed by atoms with van der Waals surface area (Å²) in [5.74, 6) is 1.03. The second-order valence-electron chi connectivity index (χ2n) is 7.26. The standard InChI is InChI=1S/C19H26F2O/c1-12-2-4-13(5-3-12)14-6-8-15(9-7-14)16-10-11-17(22)19(21)18(16)20/h6-9,12-13,16-19,22H,2-5,10-11H2,1H3. The van der Waals surface area contributed by atoms with Crippen molar-refractivity contribution >= 4 is 0 Å². The lowest BCUT2D eigenvalue weighted by molar-refractivity contribution is -0.0168. The summed E-state index contributed by atoms with van der Waals surface area (Å²) in [6, 6.07) is 8.13. The largest absolute Gasteiger partial charge is 0.390 e. The van der Waals surface area contributed by atoms with Gasteiger partial charge in [0.05, 0.1) is 6.10 Å². The summed E-state index contributed by atoms with van der Waals surface area (Å²) >= 11 is 0. The van der Waals surface area contributed by atoms with E-state index in [1.807, 2.05) is 12.1 Å². The fourth-order valence-corrected chi connectivity index (χ4v) is 4.06. The Kier molecular flexibility index (Phi) is 4.82. The minimum Gasteiger partial charge on any atom is -0.390 e. The number of hydrogen-bond acceptors (Lipinski definition) is 1. The van der Waals surface area contributed by atoms with Crippen LogP contribution in [0.2, 0.25) is 0 Å². The molecule has 1 aromatic rings. The first-order chi connectivity index (χ1) is 10.6. The maximum Gasteiger partial charge on any atom is 0.157 e. The van der Waals surface area contributed by atoms with Crippen molar-refractivity contribution in [3.63, 3.8) is 0 Å². The van der Waals surface area contributed by atoms with Gasteiger partial charge < -0.3 is 5.11 Å². The summed E-state index contributed by atoms with van der Waals surface area (Å²) < 4.78 is 27.8. The summed E-state index contributed by atoms with van der Waals surface area (Å²) in [6.07, 6.45) is 1.39. The van der Waals surface area contributed by atoms with Crippen LogP contribution < -0.4 is 0 Å². The zero-order valence-corrected chi connectivity index (χ0v) is 13.2. The molecule has 2 saturated carbocycles. The van der Waals surface area contributed by atoms with Crippen molar-refractivity contribution in [2.45, 2.75) is 75.7 Å². The fourth-order valence-electron chi connectivity index (χ4n) is 4.06. The van der Waals surface area contributed by atoms with Crippen molar-refractivity contribution in [3.8, 4) is 0 Å². The SMILES string of the molecule is CC1CCC(c2ccc(C3CCC(O)C(F)C3F)cc2)CC1. The van der Waals surface area contributed by atoms with E-state index in [-0.39, 0.29) is 0 Å². The first-order valence-corrected chi connectivity index (χ1v) is 8.62. The molecule has 122 valence electrons. The maximum atomic E-state index is 14.1. The van der Waals surface area contributed by atoms with Crippen LogP contribution in [0.3, 0.4) is 0 Å². The van der Waals surface area contributed by atoms with Crippen LogP contribution in [-0.2, 0) is 0 Å². The normalized spacial score (nSPS) is 39.6. The fraction of sp³-hybridized carbons (Fsp3) is 0.684. The molecule has 22 heavy (non-hydrogen) atoms. The van der Waals surface area contributed by atoms with E-state index >= 15 is 0 Å². The molecule has 2 aliphatic carbocycles. The third-order valence-corrected chi connectivity index (χ3v) is 5.68. The van der Waals surface area contributed by atoms with Crippen LogP contribution in [0, 0.1) is 5.92 Å². The van der Waals surface area contributed by atoms with E-state index in [0.717, 1.165) is 11.5 Å². The van der Waals surface area contributed by atoms with E-state index in [4.69, 9.17) is 0 Å². The van der Waals surface area contributed by atoms with Gasteiger partial charge in [0.2, 0.25) is 0 Å². The van der Waals surface area contributed by atoms with Crippen LogP contribution in [0.25, 0.3) is 0 Å². The van der Waals surface area contributed by atoms with E-state index in [1.165, 1.54) is 31.2 Å². The highest BCUT2D eigenvalue weighted by atomic mass is 19.2. The third-order valence-electron chi connectivity index (χ3n) is 5.68. The maximum absolute atomic E-state index is 14.1. The Morgan fingerprint density at radius 1 is 0.818 bits per heavy atom. The molecule has 1 N–H and O–H groups in total. The summed E-state index contributed by atoms with van der Waals surface area (Å²) in [5, 5.41) is 9.43. The monoisotopic (exact) mass is 308 g/mol. The number of aliphatic hydroxyl groups is 1. The van der Waals surface area contributed by atoms with E-state index < -0.39 is 24.4 Å². The Labute approximate surface area is 131 Å². The van der Waals surface area contributed by atoms with E-state index in [1.54, 1.807) is 0 Å². The third kappa shape index (κ3) is 3.19. The van der Waals surface area contributed by atoms with Crippen LogP contribution in [0.1, 0.15) is 68.4 Å². The van der Waals surface area contributed by atoms with E-state index in [2.05, 4.69) is 19.1 Å². The molecule has 3 heteroatoms. The highest BCUT2D eigenvalue weighted by molar-refractivity contribution is 5.29. The number of alkyl halides is 2. The van der Waals surface area contributed by atoms with Crippen molar-refractivity contribution in [3.05, 3.63) is 35.4 Å². The van der Waals surface area contributed by atoms with Crippen molar-refractivity contribution in [2.24, 2.45) is 5.92 Å². The highest BCUT2D eigenvalue weighted by Crippen LogP contribution is 2.39. The Hall–Kier alpha value is -0.960. The number of halogens is 2. The molecule has 3 rings (SSSR count). The predicted molar refractivity (Wildman–Crippen MR) is 84.6 cm³/mol. The van der Waals surface area contributed by atoms with Crippen molar-refractivity contribution in [1.29, 1.82) is 0 Å². The molecule has 1 aromatic carbocycles. The molecular weight excluding hydrogens is 282 g/mol. The van der Waals surface area contributed by atoms with Crippen LogP contribution in [0.15, 0.2) is 24.3 Å². The molecule has 0 aromatic heterocycles. The summed E-state index contributed by atoms with van der Waals surface area (Å²) in [5.41, 5.74) is 2.20. The quantitative estimate of drug-likeness (QED) is 0.824. The molecule has 0 bridgehead atoms. The average Bonchev–Trinajstić information content (AvgIpc) is 2.54. The topological polar surface area (TPSA) is 20.2 Å². The summed E-state index contributed by atoms with van der Waals surface area (Å²) in [7, 11) is 0. The highest BCUT2D eigenvalue weighted by Gasteiger charge is 2.40. The molecule has 0 radical (unpaired) electrons. The molecule has 2 fully saturated rings. The number of aliphatic hydroxyl groups excluding tert-OH is 1. The number of hydrogen-bond donors (Lipinski definition) is 1. The molecule has 4 unspecified atom stereocenters. The van der Waals surface area contributed by atoms with Gasteiger partial charge in [-0.1, -0.05) is 44.0 Å². The number of benzene rings is 1. The Balaban J connectivity index is 1.69. The van der Waals surface area contributed by atoms with Gasteiger partial charge in [0.25, 0.3) is 0 Å². The molecule has 2 aliphatic rings. The van der Waals surface area contributed by atoms with Gasteiger partial charge in [0.15, 0.2) is 6.17 Å². The van der Waals surface area contributed by atoms with Gasteiger partial charge in [-0.25, -0.2) is 8.78 Å². The van der Waals surface area contributed by atoms with Gasteiger partial charge >= 0.3 is 0 Å². The van der Waals surface area contributed by atoms with E-state index in [0.29, 0.717) is 18.8 Å². The number of rotatable bonds is 2. The average molecular weight is 308 g/mol. The lowest BCUT2D eigenvalue weighted by atomic mass is 9.77. The molecular formula is C19H26F2O. The van der Waals surface area contributed by atoms with E-state index in [9.17, 15) is 13.9 Å². The molecule has 4 atom stereocenters. The lowest BCUT2D eigenvalue weighted by Gasteiger charge is -2.33.